The Bertz CT molecular complexity index is 998. The van der Waals surface area contributed by atoms with Crippen molar-refractivity contribution < 1.29 is 23.9 Å². The minimum Gasteiger partial charge on any atom is -0.465 e. The number of nitrogens with zero attached hydrogens (tertiary/aromatic N) is 2. The van der Waals surface area contributed by atoms with Crippen molar-refractivity contribution in [3.05, 3.63) is 46.0 Å². The van der Waals surface area contributed by atoms with Crippen molar-refractivity contribution in [3.8, 4) is 0 Å². The Labute approximate surface area is 169 Å². The van der Waals surface area contributed by atoms with Crippen LogP contribution in [0.1, 0.15) is 76.1 Å². The van der Waals surface area contributed by atoms with Gasteiger partial charge in [-0.3, -0.25) is 9.59 Å². The number of ether oxygens (including phenoxy) is 2. The fraction of sp³-hybridized carbons (Fsp3) is 0.500. The molecule has 0 radical (unpaired) electrons. The zero-order valence-corrected chi connectivity index (χ0v) is 17.1. The van der Waals surface area contributed by atoms with Crippen LogP contribution in [0.15, 0.2) is 12.1 Å². The van der Waals surface area contributed by atoms with Gasteiger partial charge in [0.15, 0.2) is 0 Å². The summed E-state index contributed by atoms with van der Waals surface area (Å²) in [7, 11) is 0. The van der Waals surface area contributed by atoms with Crippen LogP contribution in [0.4, 0.5) is 0 Å². The van der Waals surface area contributed by atoms with Crippen molar-refractivity contribution in [3.63, 3.8) is 0 Å². The minimum absolute atomic E-state index is 0.114. The average molecular weight is 398 g/mol. The molecule has 0 saturated carbocycles. The molecule has 7 nitrogen and oxygen atoms in total. The molecule has 0 fully saturated rings. The first-order chi connectivity index (χ1) is 14.0. The van der Waals surface area contributed by atoms with E-state index in [4.69, 9.17) is 9.47 Å². The van der Waals surface area contributed by atoms with Gasteiger partial charge in [0.05, 0.1) is 36.1 Å². The number of hydrogen-bond donors (Lipinski definition) is 0. The Morgan fingerprint density at radius 1 is 1.07 bits per heavy atom. The highest BCUT2D eigenvalue weighted by molar-refractivity contribution is 6.11. The van der Waals surface area contributed by atoms with Crippen LogP contribution in [0.2, 0.25) is 0 Å². The second-order valence-corrected chi connectivity index (χ2v) is 7.49. The third-order valence-electron chi connectivity index (χ3n) is 5.90. The number of carbonyl (C=O) groups is 3. The molecule has 154 valence electrons. The van der Waals surface area contributed by atoms with Gasteiger partial charge in [-0.25, -0.2) is 4.79 Å². The van der Waals surface area contributed by atoms with Crippen molar-refractivity contribution in [1.82, 2.24) is 9.13 Å². The molecule has 2 aliphatic heterocycles. The molecule has 0 amide bonds. The molecule has 0 bridgehead atoms. The van der Waals surface area contributed by atoms with Gasteiger partial charge in [0.25, 0.3) is 0 Å². The van der Waals surface area contributed by atoms with E-state index in [1.807, 2.05) is 16.7 Å². The van der Waals surface area contributed by atoms with E-state index in [1.165, 1.54) is 0 Å². The molecule has 7 heteroatoms. The number of rotatable bonds is 6. The van der Waals surface area contributed by atoms with Crippen LogP contribution in [-0.4, -0.2) is 40.1 Å². The van der Waals surface area contributed by atoms with Crippen molar-refractivity contribution >= 4 is 17.7 Å². The fourth-order valence-electron chi connectivity index (χ4n) is 4.71. The Hall–Kier alpha value is -2.83. The molecule has 2 aromatic rings. The zero-order valence-electron chi connectivity index (χ0n) is 17.1. The van der Waals surface area contributed by atoms with Gasteiger partial charge >= 0.3 is 11.9 Å². The standard InChI is InChI=1S/C22H26N2O5/c1-4-28-21(26)15-10-12-24-18(13(3)17(19(15)24)22(27)29-5-2)20(25)16-9-8-14-7-6-11-23(14)16/h8-9,15H,4-7,10-12H2,1-3H3. The third-order valence-corrected chi connectivity index (χ3v) is 5.90. The van der Waals surface area contributed by atoms with E-state index in [0.29, 0.717) is 41.2 Å². The molecule has 1 atom stereocenters. The molecule has 0 spiro atoms. The molecule has 4 rings (SSSR count). The van der Waals surface area contributed by atoms with Gasteiger partial charge in [-0.05, 0) is 57.7 Å². The summed E-state index contributed by atoms with van der Waals surface area (Å²) in [4.78, 5) is 38.8. The molecular weight excluding hydrogens is 372 g/mol. The Kier molecular flexibility index (Phi) is 5.06. The molecule has 0 N–H and O–H groups in total. The minimum atomic E-state index is -0.562. The topological polar surface area (TPSA) is 79.5 Å². The first-order valence-corrected chi connectivity index (χ1v) is 10.3. The van der Waals surface area contributed by atoms with Gasteiger partial charge < -0.3 is 18.6 Å². The highest BCUT2D eigenvalue weighted by atomic mass is 16.5. The lowest BCUT2D eigenvalue weighted by atomic mass is 9.98. The molecule has 0 aliphatic carbocycles. The Morgan fingerprint density at radius 3 is 2.55 bits per heavy atom. The molecule has 0 saturated heterocycles. The second kappa shape index (κ2) is 7.54. The monoisotopic (exact) mass is 398 g/mol. The molecular formula is C22H26N2O5. The normalized spacial score (nSPS) is 17.1. The second-order valence-electron chi connectivity index (χ2n) is 7.49. The maximum atomic E-state index is 13.5. The van der Waals surface area contributed by atoms with E-state index in [2.05, 4.69) is 4.57 Å². The number of hydrogen-bond acceptors (Lipinski definition) is 5. The van der Waals surface area contributed by atoms with Gasteiger partial charge in [0.2, 0.25) is 5.78 Å². The third kappa shape index (κ3) is 2.99. The van der Waals surface area contributed by atoms with Crippen LogP contribution in [-0.2, 0) is 33.8 Å². The maximum Gasteiger partial charge on any atom is 0.340 e. The number of aromatic nitrogens is 2. The van der Waals surface area contributed by atoms with E-state index in [9.17, 15) is 14.4 Å². The lowest BCUT2D eigenvalue weighted by Gasteiger charge is -2.11. The molecule has 2 aromatic heterocycles. The van der Waals surface area contributed by atoms with Crippen LogP contribution < -0.4 is 0 Å². The number of fused-ring (bicyclic) bond motifs is 2. The fourth-order valence-corrected chi connectivity index (χ4v) is 4.71. The molecule has 29 heavy (non-hydrogen) atoms. The predicted octanol–water partition coefficient (Wildman–Crippen LogP) is 3.00. The van der Waals surface area contributed by atoms with Gasteiger partial charge in [-0.15, -0.1) is 0 Å². The average Bonchev–Trinajstić information content (AvgIpc) is 3.41. The first kappa shape index (κ1) is 19.5. The molecule has 4 heterocycles. The van der Waals surface area contributed by atoms with Crippen molar-refractivity contribution in [2.24, 2.45) is 0 Å². The predicted molar refractivity (Wildman–Crippen MR) is 105 cm³/mol. The Balaban J connectivity index is 1.84. The van der Waals surface area contributed by atoms with E-state index in [0.717, 1.165) is 25.1 Å². The maximum absolute atomic E-state index is 13.5. The van der Waals surface area contributed by atoms with E-state index < -0.39 is 11.9 Å². The molecule has 0 aromatic carbocycles. The highest BCUT2D eigenvalue weighted by Gasteiger charge is 2.41. The van der Waals surface area contributed by atoms with Gasteiger partial charge in [0, 0.05) is 24.5 Å². The summed E-state index contributed by atoms with van der Waals surface area (Å²) in [6, 6.07) is 3.86. The summed E-state index contributed by atoms with van der Waals surface area (Å²) < 4.78 is 14.4. The smallest absolute Gasteiger partial charge is 0.340 e. The lowest BCUT2D eigenvalue weighted by molar-refractivity contribution is -0.144. The summed E-state index contributed by atoms with van der Waals surface area (Å²) in [5.41, 5.74) is 3.73. The zero-order chi connectivity index (χ0) is 20.7. The number of carbonyl (C=O) groups excluding carboxylic acids is 3. The van der Waals surface area contributed by atoms with Crippen molar-refractivity contribution in [1.29, 1.82) is 0 Å². The quantitative estimate of drug-likeness (QED) is 0.552. The van der Waals surface area contributed by atoms with Crippen LogP contribution in [0.3, 0.4) is 0 Å². The molecule has 2 aliphatic rings. The number of aryl methyl sites for hydroxylation is 1. The van der Waals surface area contributed by atoms with E-state index in [1.54, 1.807) is 20.8 Å². The van der Waals surface area contributed by atoms with Gasteiger partial charge in [-0.1, -0.05) is 0 Å². The summed E-state index contributed by atoms with van der Waals surface area (Å²) in [5, 5.41) is 0. The number of esters is 2. The highest BCUT2D eigenvalue weighted by Crippen LogP contribution is 2.39. The van der Waals surface area contributed by atoms with E-state index >= 15 is 0 Å². The van der Waals surface area contributed by atoms with E-state index in [-0.39, 0.29) is 25.0 Å². The summed E-state index contributed by atoms with van der Waals surface area (Å²) >= 11 is 0. The van der Waals surface area contributed by atoms with Crippen molar-refractivity contribution in [2.45, 2.75) is 59.0 Å². The molecule has 1 unspecified atom stereocenters. The van der Waals surface area contributed by atoms with Gasteiger partial charge in [-0.2, -0.15) is 0 Å². The SMILES string of the molecule is CCOC(=O)c1c(C)c(C(=O)c2ccc3n2CCC3)n2c1C(C(=O)OCC)CC2. The summed E-state index contributed by atoms with van der Waals surface area (Å²) in [5.74, 6) is -1.54. The summed E-state index contributed by atoms with van der Waals surface area (Å²) in [6.07, 6.45) is 2.51. The van der Waals surface area contributed by atoms with Crippen LogP contribution >= 0.6 is 0 Å². The van der Waals surface area contributed by atoms with Crippen LogP contribution in [0.5, 0.6) is 0 Å². The summed E-state index contributed by atoms with van der Waals surface area (Å²) in [6.45, 7) is 7.07. The first-order valence-electron chi connectivity index (χ1n) is 10.3. The van der Waals surface area contributed by atoms with Crippen LogP contribution in [0, 0.1) is 6.92 Å². The van der Waals surface area contributed by atoms with Gasteiger partial charge in [0.1, 0.15) is 0 Å². The Morgan fingerprint density at radius 2 is 1.83 bits per heavy atom. The largest absolute Gasteiger partial charge is 0.465 e. The van der Waals surface area contributed by atoms with Crippen LogP contribution in [0.25, 0.3) is 0 Å². The van der Waals surface area contributed by atoms with Crippen molar-refractivity contribution in [2.75, 3.05) is 13.2 Å². The number of ketones is 1. The lowest BCUT2D eigenvalue weighted by Crippen LogP contribution is -2.17.